The van der Waals surface area contributed by atoms with Crippen LogP contribution in [0.3, 0.4) is 0 Å². The second-order valence-corrected chi connectivity index (χ2v) is 7.88. The molecule has 112 valence electrons. The van der Waals surface area contributed by atoms with Crippen molar-refractivity contribution < 1.29 is 12.8 Å². The molecule has 20 heavy (non-hydrogen) atoms. The lowest BCUT2D eigenvalue weighted by Crippen LogP contribution is -2.44. The van der Waals surface area contributed by atoms with Crippen LogP contribution in [0.2, 0.25) is 10.0 Å². The highest BCUT2D eigenvalue weighted by Crippen LogP contribution is 2.33. The van der Waals surface area contributed by atoms with E-state index in [1.54, 1.807) is 0 Å². The monoisotopic (exact) mass is 403 g/mol. The van der Waals surface area contributed by atoms with Crippen LogP contribution in [0.15, 0.2) is 17.0 Å². The molecule has 0 N–H and O–H groups in total. The molecule has 0 spiro atoms. The standard InChI is InChI=1S/C12H13BrCl2FNO2S/c13-7-8-3-1-2-6-17(8)20(18,19)10-5-4-9(14)12(16)11(10)15/h4-5,8H,1-3,6-7H2. The summed E-state index contributed by atoms with van der Waals surface area (Å²) in [7, 11) is -3.82. The summed E-state index contributed by atoms with van der Waals surface area (Å²) in [5, 5.41) is -0.0963. The minimum absolute atomic E-state index is 0.136. The molecule has 0 saturated carbocycles. The Morgan fingerprint density at radius 1 is 1.35 bits per heavy atom. The number of benzene rings is 1. The highest BCUT2D eigenvalue weighted by molar-refractivity contribution is 9.09. The zero-order valence-electron chi connectivity index (χ0n) is 10.5. The number of rotatable bonds is 3. The molecular weight excluding hydrogens is 392 g/mol. The van der Waals surface area contributed by atoms with Crippen molar-refractivity contribution >= 4 is 49.2 Å². The Morgan fingerprint density at radius 2 is 2.05 bits per heavy atom. The van der Waals surface area contributed by atoms with Crippen molar-refractivity contribution in [3.05, 3.63) is 28.0 Å². The molecule has 1 saturated heterocycles. The van der Waals surface area contributed by atoms with Gasteiger partial charge in [0.15, 0.2) is 5.82 Å². The smallest absolute Gasteiger partial charge is 0.207 e. The maximum Gasteiger partial charge on any atom is 0.244 e. The number of nitrogens with zero attached hydrogens (tertiary/aromatic N) is 1. The summed E-state index contributed by atoms with van der Waals surface area (Å²) >= 11 is 14.7. The number of alkyl halides is 1. The molecule has 0 amide bonds. The molecule has 0 radical (unpaired) electrons. The first-order valence-corrected chi connectivity index (χ1v) is 9.42. The molecule has 1 heterocycles. The predicted molar refractivity (Wildman–Crippen MR) is 81.7 cm³/mol. The van der Waals surface area contributed by atoms with Gasteiger partial charge in [0, 0.05) is 17.9 Å². The van der Waals surface area contributed by atoms with Crippen molar-refractivity contribution in [3.63, 3.8) is 0 Å². The summed E-state index contributed by atoms with van der Waals surface area (Å²) in [6.07, 6.45) is 2.54. The third kappa shape index (κ3) is 2.99. The van der Waals surface area contributed by atoms with Gasteiger partial charge in [0.05, 0.1) is 10.0 Å². The van der Waals surface area contributed by atoms with E-state index < -0.39 is 20.9 Å². The zero-order chi connectivity index (χ0) is 14.9. The maximum atomic E-state index is 13.7. The van der Waals surface area contributed by atoms with E-state index in [-0.39, 0.29) is 16.0 Å². The third-order valence-electron chi connectivity index (χ3n) is 3.34. The van der Waals surface area contributed by atoms with Gasteiger partial charge in [0.2, 0.25) is 10.0 Å². The number of sulfonamides is 1. The van der Waals surface area contributed by atoms with E-state index >= 15 is 0 Å². The lowest BCUT2D eigenvalue weighted by atomic mass is 10.1. The van der Waals surface area contributed by atoms with Gasteiger partial charge in [-0.25, -0.2) is 12.8 Å². The molecule has 1 aliphatic rings. The molecule has 1 aromatic rings. The molecular formula is C12H13BrCl2FNO2S. The topological polar surface area (TPSA) is 37.4 Å². The molecule has 0 bridgehead atoms. The van der Waals surface area contributed by atoms with Gasteiger partial charge in [-0.2, -0.15) is 4.31 Å². The Balaban J connectivity index is 2.47. The SMILES string of the molecule is O=S(=O)(c1ccc(Cl)c(F)c1Cl)N1CCCCC1CBr. The number of halogens is 4. The number of hydrogen-bond acceptors (Lipinski definition) is 2. The second-order valence-electron chi connectivity index (χ2n) is 4.59. The lowest BCUT2D eigenvalue weighted by Gasteiger charge is -2.33. The first-order chi connectivity index (χ1) is 9.39. The Labute approximate surface area is 136 Å². The van der Waals surface area contributed by atoms with Crippen molar-refractivity contribution in [2.45, 2.75) is 30.2 Å². The van der Waals surface area contributed by atoms with Crippen LogP contribution in [0.1, 0.15) is 19.3 Å². The van der Waals surface area contributed by atoms with Crippen LogP contribution >= 0.6 is 39.1 Å². The van der Waals surface area contributed by atoms with Gasteiger partial charge in [0.1, 0.15) is 4.90 Å². The number of piperidine rings is 1. The van der Waals surface area contributed by atoms with Gasteiger partial charge in [0.25, 0.3) is 0 Å². The fraction of sp³-hybridized carbons (Fsp3) is 0.500. The maximum absolute atomic E-state index is 13.7. The van der Waals surface area contributed by atoms with E-state index in [4.69, 9.17) is 23.2 Å². The summed E-state index contributed by atoms with van der Waals surface area (Å²) in [6, 6.07) is 2.33. The van der Waals surface area contributed by atoms with Crippen LogP contribution in [0, 0.1) is 5.82 Å². The Bertz CT molecular complexity index is 612. The quantitative estimate of drug-likeness (QED) is 0.562. The van der Waals surface area contributed by atoms with Crippen molar-refractivity contribution in [2.75, 3.05) is 11.9 Å². The highest BCUT2D eigenvalue weighted by Gasteiger charge is 2.35. The molecule has 8 heteroatoms. The Hall–Kier alpha value is 0.120. The molecule has 1 fully saturated rings. The summed E-state index contributed by atoms with van der Waals surface area (Å²) in [6.45, 7) is 0.416. The molecule has 1 atom stereocenters. The molecule has 1 aromatic carbocycles. The lowest BCUT2D eigenvalue weighted by molar-refractivity contribution is 0.273. The average Bonchev–Trinajstić information content (AvgIpc) is 2.44. The number of hydrogen-bond donors (Lipinski definition) is 0. The minimum Gasteiger partial charge on any atom is -0.207 e. The van der Waals surface area contributed by atoms with Gasteiger partial charge < -0.3 is 0 Å². The zero-order valence-corrected chi connectivity index (χ0v) is 14.4. The van der Waals surface area contributed by atoms with Gasteiger partial charge in [-0.3, -0.25) is 0 Å². The summed E-state index contributed by atoms with van der Waals surface area (Å²) in [4.78, 5) is -0.228. The van der Waals surface area contributed by atoms with Crippen LogP contribution in [0.4, 0.5) is 4.39 Å². The summed E-state index contributed by atoms with van der Waals surface area (Å²) < 4.78 is 40.4. The van der Waals surface area contributed by atoms with E-state index in [9.17, 15) is 12.8 Å². The van der Waals surface area contributed by atoms with Gasteiger partial charge >= 0.3 is 0 Å². The fourth-order valence-electron chi connectivity index (χ4n) is 2.28. The van der Waals surface area contributed by atoms with Gasteiger partial charge in [-0.05, 0) is 25.0 Å². The van der Waals surface area contributed by atoms with Crippen LogP contribution in [0.5, 0.6) is 0 Å². The Kier molecular flexibility index (Phi) is 5.34. The molecule has 1 aliphatic heterocycles. The van der Waals surface area contributed by atoms with E-state index in [0.29, 0.717) is 11.9 Å². The van der Waals surface area contributed by atoms with Crippen LogP contribution in [-0.4, -0.2) is 30.6 Å². The van der Waals surface area contributed by atoms with Crippen molar-refractivity contribution in [3.8, 4) is 0 Å². The van der Waals surface area contributed by atoms with Crippen molar-refractivity contribution in [2.24, 2.45) is 0 Å². The van der Waals surface area contributed by atoms with E-state index in [2.05, 4.69) is 15.9 Å². The van der Waals surface area contributed by atoms with Crippen LogP contribution < -0.4 is 0 Å². The fourth-order valence-corrected chi connectivity index (χ4v) is 5.56. The third-order valence-corrected chi connectivity index (χ3v) is 6.85. The van der Waals surface area contributed by atoms with Gasteiger partial charge in [-0.1, -0.05) is 45.6 Å². The molecule has 0 aromatic heterocycles. The highest BCUT2D eigenvalue weighted by atomic mass is 79.9. The van der Waals surface area contributed by atoms with Crippen molar-refractivity contribution in [1.29, 1.82) is 0 Å². The van der Waals surface area contributed by atoms with Crippen LogP contribution in [0.25, 0.3) is 0 Å². The average molecular weight is 405 g/mol. The predicted octanol–water partition coefficient (Wildman–Crippen LogP) is 4.07. The van der Waals surface area contributed by atoms with Crippen molar-refractivity contribution in [1.82, 2.24) is 4.31 Å². The first kappa shape index (κ1) is 16.5. The molecule has 1 unspecified atom stereocenters. The largest absolute Gasteiger partial charge is 0.244 e. The Morgan fingerprint density at radius 3 is 2.70 bits per heavy atom. The minimum atomic E-state index is -3.82. The van der Waals surface area contributed by atoms with E-state index in [1.807, 2.05) is 0 Å². The first-order valence-electron chi connectivity index (χ1n) is 6.11. The molecule has 3 nitrogen and oxygen atoms in total. The van der Waals surface area contributed by atoms with Crippen LogP contribution in [-0.2, 0) is 10.0 Å². The summed E-state index contributed by atoms with van der Waals surface area (Å²) in [5.41, 5.74) is 0. The summed E-state index contributed by atoms with van der Waals surface area (Å²) in [5.74, 6) is -0.901. The molecule has 0 aliphatic carbocycles. The molecule has 2 rings (SSSR count). The van der Waals surface area contributed by atoms with E-state index in [0.717, 1.165) is 19.3 Å². The van der Waals surface area contributed by atoms with Gasteiger partial charge in [-0.15, -0.1) is 0 Å². The normalized spacial score (nSPS) is 21.1. The van der Waals surface area contributed by atoms with E-state index in [1.165, 1.54) is 16.4 Å². The second kappa shape index (κ2) is 6.48.